The molecule has 2 aromatic carbocycles. The van der Waals surface area contributed by atoms with Crippen molar-refractivity contribution in [3.8, 4) is 11.1 Å². The Bertz CT molecular complexity index is 1020. The fourth-order valence-electron chi connectivity index (χ4n) is 3.41. The summed E-state index contributed by atoms with van der Waals surface area (Å²) < 4.78 is 1.11. The molecule has 2 nitrogen and oxygen atoms in total. The zero-order valence-corrected chi connectivity index (χ0v) is 17.5. The van der Waals surface area contributed by atoms with E-state index in [1.54, 1.807) is 10.3 Å². The van der Waals surface area contributed by atoms with Gasteiger partial charge in [-0.25, -0.2) is 4.99 Å². The first-order valence-corrected chi connectivity index (χ1v) is 11.2. The van der Waals surface area contributed by atoms with Gasteiger partial charge in [0.05, 0.1) is 16.1 Å². The van der Waals surface area contributed by atoms with Crippen molar-refractivity contribution < 1.29 is 0 Å². The van der Waals surface area contributed by atoms with Crippen LogP contribution in [0.3, 0.4) is 0 Å². The van der Waals surface area contributed by atoms with Crippen LogP contribution in [0.1, 0.15) is 49.6 Å². The molecule has 0 aliphatic carbocycles. The Hall–Kier alpha value is -1.91. The lowest BCUT2D eigenvalue weighted by molar-refractivity contribution is 0.619. The van der Waals surface area contributed by atoms with Crippen molar-refractivity contribution in [1.82, 2.24) is 0 Å². The normalized spacial score (nSPS) is 15.5. The highest BCUT2D eigenvalue weighted by molar-refractivity contribution is 7.68. The predicted octanol–water partition coefficient (Wildman–Crippen LogP) is 6.80. The maximum Gasteiger partial charge on any atom is 0.135 e. The Morgan fingerprint density at radius 1 is 1.00 bits per heavy atom. The van der Waals surface area contributed by atoms with Crippen LogP contribution in [0, 0.1) is 6.92 Å². The second-order valence-electron chi connectivity index (χ2n) is 7.83. The molecule has 0 bridgehead atoms. The molecule has 0 fully saturated rings. The van der Waals surface area contributed by atoms with Crippen molar-refractivity contribution in [3.63, 3.8) is 0 Å². The van der Waals surface area contributed by atoms with E-state index in [-0.39, 0.29) is 5.54 Å². The van der Waals surface area contributed by atoms with Gasteiger partial charge in [0.2, 0.25) is 0 Å². The molecule has 0 radical (unpaired) electrons. The Balaban J connectivity index is 1.89. The topological polar surface area (TPSA) is 24.4 Å². The van der Waals surface area contributed by atoms with Gasteiger partial charge in [0, 0.05) is 16.8 Å². The highest BCUT2D eigenvalue weighted by atomic mass is 32.9. The molecule has 4 rings (SSSR count). The first-order valence-electron chi connectivity index (χ1n) is 9.02. The van der Waals surface area contributed by atoms with Gasteiger partial charge < -0.3 is 5.32 Å². The quantitative estimate of drug-likeness (QED) is 0.486. The van der Waals surface area contributed by atoms with Gasteiger partial charge in [-0.15, -0.1) is 0 Å². The second-order valence-corrected chi connectivity index (χ2v) is 9.96. The summed E-state index contributed by atoms with van der Waals surface area (Å²) in [5.74, 6) is 0.544. The number of nitrogens with zero attached hydrogens (tertiary/aromatic N) is 1. The van der Waals surface area contributed by atoms with Crippen molar-refractivity contribution in [2.75, 3.05) is 5.32 Å². The average Bonchev–Trinajstić information content (AvgIpc) is 3.01. The maximum atomic E-state index is 5.01. The lowest BCUT2D eigenvalue weighted by Crippen LogP contribution is -2.31. The fraction of sp³-hybridized carbons (Fsp3) is 0.318. The zero-order chi connectivity index (χ0) is 18.5. The molecule has 4 heteroatoms. The summed E-state index contributed by atoms with van der Waals surface area (Å²) in [5.41, 5.74) is 7.35. The maximum absolute atomic E-state index is 5.01. The zero-order valence-electron chi connectivity index (χ0n) is 15.9. The van der Waals surface area contributed by atoms with E-state index < -0.39 is 0 Å². The minimum absolute atomic E-state index is 0.0754. The monoisotopic (exact) mass is 380 g/mol. The van der Waals surface area contributed by atoms with E-state index in [1.807, 2.05) is 10.3 Å². The number of anilines is 1. The summed E-state index contributed by atoms with van der Waals surface area (Å²) in [4.78, 5) is 6.38. The van der Waals surface area contributed by atoms with Crippen molar-refractivity contribution >= 4 is 32.1 Å². The van der Waals surface area contributed by atoms with Crippen LogP contribution in [0.2, 0.25) is 0 Å². The van der Waals surface area contributed by atoms with Gasteiger partial charge in [-0.2, -0.15) is 0 Å². The predicted molar refractivity (Wildman–Crippen MR) is 115 cm³/mol. The number of rotatable bonds is 2. The average molecular weight is 381 g/mol. The smallest absolute Gasteiger partial charge is 0.135 e. The first kappa shape index (κ1) is 17.5. The number of aryl methyl sites for hydroxylation is 1. The molecule has 1 aliphatic rings. The second kappa shape index (κ2) is 6.36. The third kappa shape index (κ3) is 3.01. The molecule has 0 spiro atoms. The summed E-state index contributed by atoms with van der Waals surface area (Å²) in [6.45, 7) is 11.1. The van der Waals surface area contributed by atoms with Crippen LogP contribution in [0.15, 0.2) is 47.5 Å². The van der Waals surface area contributed by atoms with Crippen LogP contribution in [-0.2, 0) is 5.54 Å². The van der Waals surface area contributed by atoms with E-state index in [9.17, 15) is 0 Å². The number of fused-ring (bicyclic) bond motifs is 3. The lowest BCUT2D eigenvalue weighted by atomic mass is 9.89. The summed E-state index contributed by atoms with van der Waals surface area (Å²) in [6, 6.07) is 15.3. The van der Waals surface area contributed by atoms with E-state index in [2.05, 4.69) is 82.4 Å². The van der Waals surface area contributed by atoms with Gasteiger partial charge in [-0.3, -0.25) is 0 Å². The van der Waals surface area contributed by atoms with Crippen LogP contribution < -0.4 is 9.99 Å². The summed E-state index contributed by atoms with van der Waals surface area (Å²) in [7, 11) is 3.62. The molecular weight excluding hydrogens is 356 g/mol. The molecule has 2 heterocycles. The van der Waals surface area contributed by atoms with Crippen molar-refractivity contribution in [2.45, 2.75) is 46.1 Å². The van der Waals surface area contributed by atoms with E-state index in [4.69, 9.17) is 4.99 Å². The Morgan fingerprint density at radius 2 is 1.73 bits per heavy atom. The van der Waals surface area contributed by atoms with Crippen LogP contribution in [-0.4, -0.2) is 0 Å². The minimum Gasteiger partial charge on any atom is -0.375 e. The number of nitrogens with one attached hydrogen (secondary N) is 1. The minimum atomic E-state index is -0.0754. The summed E-state index contributed by atoms with van der Waals surface area (Å²) >= 11 is 0. The van der Waals surface area contributed by atoms with Gasteiger partial charge in [-0.05, 0) is 56.5 Å². The first-order chi connectivity index (χ1) is 12.3. The molecule has 0 unspecified atom stereocenters. The Kier molecular flexibility index (Phi) is 4.28. The molecule has 26 heavy (non-hydrogen) atoms. The molecular formula is C22H24N2S2. The fourth-order valence-corrected chi connectivity index (χ4v) is 6.35. The molecule has 1 aliphatic heterocycles. The SMILES string of the molecule is Cc1ccc2c(c1)-c1c(ssc1=Nc1ccc(C(C)C)cc1)C(C)(C)N2. The number of hydrogen-bond acceptors (Lipinski definition) is 4. The van der Waals surface area contributed by atoms with Crippen LogP contribution in [0.25, 0.3) is 11.1 Å². The summed E-state index contributed by atoms with van der Waals surface area (Å²) in [6.07, 6.45) is 0. The summed E-state index contributed by atoms with van der Waals surface area (Å²) in [5, 5.41) is 3.69. The molecule has 134 valence electrons. The molecule has 1 N–H and O–H groups in total. The van der Waals surface area contributed by atoms with E-state index in [1.165, 1.54) is 32.8 Å². The van der Waals surface area contributed by atoms with Gasteiger partial charge in [0.25, 0.3) is 0 Å². The number of hydrogen-bond donors (Lipinski definition) is 1. The number of benzene rings is 2. The van der Waals surface area contributed by atoms with Gasteiger partial charge in [0.15, 0.2) is 0 Å². The van der Waals surface area contributed by atoms with Gasteiger partial charge in [-0.1, -0.05) is 58.3 Å². The van der Waals surface area contributed by atoms with Crippen LogP contribution >= 0.6 is 20.7 Å². The molecule has 0 atom stereocenters. The van der Waals surface area contributed by atoms with E-state index in [0.29, 0.717) is 5.92 Å². The molecule has 0 saturated carbocycles. The largest absolute Gasteiger partial charge is 0.375 e. The molecule has 3 aromatic rings. The van der Waals surface area contributed by atoms with Crippen LogP contribution in [0.5, 0.6) is 0 Å². The molecule has 0 saturated heterocycles. The van der Waals surface area contributed by atoms with E-state index >= 15 is 0 Å². The highest BCUT2D eigenvalue weighted by Gasteiger charge is 2.33. The molecule has 0 amide bonds. The Labute approximate surface area is 162 Å². The van der Waals surface area contributed by atoms with Crippen molar-refractivity contribution in [2.24, 2.45) is 4.99 Å². The Morgan fingerprint density at radius 3 is 2.42 bits per heavy atom. The highest BCUT2D eigenvalue weighted by Crippen LogP contribution is 2.45. The lowest BCUT2D eigenvalue weighted by Gasteiger charge is -2.33. The standard InChI is InChI=1S/C22H24N2S2/c1-13(2)15-7-9-16(10-8-15)23-21-19-17-12-14(3)6-11-18(17)24-22(4,5)20(19)25-26-21/h6-13,24H,1-5H3. The van der Waals surface area contributed by atoms with Crippen molar-refractivity contribution in [3.05, 3.63) is 63.1 Å². The van der Waals surface area contributed by atoms with Gasteiger partial charge in [0.1, 0.15) is 4.67 Å². The molecule has 1 aromatic heterocycles. The van der Waals surface area contributed by atoms with Crippen molar-refractivity contribution in [1.29, 1.82) is 0 Å². The third-order valence-corrected chi connectivity index (χ3v) is 7.54. The third-order valence-electron chi connectivity index (χ3n) is 4.89. The van der Waals surface area contributed by atoms with Gasteiger partial charge >= 0.3 is 0 Å². The van der Waals surface area contributed by atoms with Crippen LogP contribution in [0.4, 0.5) is 11.4 Å². The van der Waals surface area contributed by atoms with E-state index in [0.717, 1.165) is 10.4 Å².